The summed E-state index contributed by atoms with van der Waals surface area (Å²) in [5.74, 6) is -0.0342. The molecule has 1 N–H and O–H groups in total. The van der Waals surface area contributed by atoms with Crippen LogP contribution in [0.5, 0.6) is 0 Å². The van der Waals surface area contributed by atoms with Gasteiger partial charge in [-0.25, -0.2) is 13.1 Å². The SMILES string of the molecule is Cc1nnc(-c2cccc(C(=O)NS(C)(=O)=O)c2)o1. The quantitative estimate of drug-likeness (QED) is 0.890. The highest BCUT2D eigenvalue weighted by Gasteiger charge is 2.13. The third kappa shape index (κ3) is 3.38. The van der Waals surface area contributed by atoms with E-state index < -0.39 is 15.9 Å². The van der Waals surface area contributed by atoms with Crippen LogP contribution in [0.25, 0.3) is 11.5 Å². The minimum atomic E-state index is -3.60. The van der Waals surface area contributed by atoms with E-state index in [-0.39, 0.29) is 11.5 Å². The maximum Gasteiger partial charge on any atom is 0.264 e. The molecule has 0 aliphatic rings. The first-order valence-corrected chi connectivity index (χ1v) is 7.17. The number of carbonyl (C=O) groups excluding carboxylic acids is 1. The predicted octanol–water partition coefficient (Wildman–Crippen LogP) is 0.734. The molecule has 1 aromatic carbocycles. The first kappa shape index (κ1) is 13.2. The zero-order valence-electron chi connectivity index (χ0n) is 10.2. The molecule has 0 unspecified atom stereocenters. The van der Waals surface area contributed by atoms with Gasteiger partial charge in [-0.3, -0.25) is 4.79 Å². The Morgan fingerprint density at radius 3 is 2.63 bits per heavy atom. The van der Waals surface area contributed by atoms with Gasteiger partial charge in [-0.1, -0.05) is 6.07 Å². The smallest absolute Gasteiger partial charge is 0.264 e. The van der Waals surface area contributed by atoms with Gasteiger partial charge in [0.25, 0.3) is 5.91 Å². The number of carbonyl (C=O) groups is 1. The Kier molecular flexibility index (Phi) is 3.34. The van der Waals surface area contributed by atoms with Gasteiger partial charge in [0.05, 0.1) is 6.26 Å². The van der Waals surface area contributed by atoms with E-state index in [1.54, 1.807) is 19.1 Å². The number of hydrogen-bond acceptors (Lipinski definition) is 6. The number of amides is 1. The lowest BCUT2D eigenvalue weighted by molar-refractivity contribution is 0.0981. The topological polar surface area (TPSA) is 102 Å². The van der Waals surface area contributed by atoms with Gasteiger partial charge in [-0.15, -0.1) is 10.2 Å². The molecule has 100 valence electrons. The summed E-state index contributed by atoms with van der Waals surface area (Å²) < 4.78 is 29.1. The number of sulfonamides is 1. The van der Waals surface area contributed by atoms with Crippen molar-refractivity contribution < 1.29 is 17.6 Å². The molecule has 0 aliphatic carbocycles. The van der Waals surface area contributed by atoms with Crippen LogP contribution >= 0.6 is 0 Å². The van der Waals surface area contributed by atoms with Gasteiger partial charge >= 0.3 is 0 Å². The number of rotatable bonds is 3. The Hall–Kier alpha value is -2.22. The van der Waals surface area contributed by atoms with E-state index >= 15 is 0 Å². The monoisotopic (exact) mass is 281 g/mol. The summed E-state index contributed by atoms with van der Waals surface area (Å²) in [5.41, 5.74) is 0.737. The number of hydrogen-bond donors (Lipinski definition) is 1. The summed E-state index contributed by atoms with van der Waals surface area (Å²) in [7, 11) is -3.60. The van der Waals surface area contributed by atoms with Crippen LogP contribution in [0, 0.1) is 6.92 Å². The van der Waals surface area contributed by atoms with E-state index in [9.17, 15) is 13.2 Å². The van der Waals surface area contributed by atoms with E-state index in [1.165, 1.54) is 12.1 Å². The van der Waals surface area contributed by atoms with Crippen LogP contribution in [-0.2, 0) is 10.0 Å². The maximum absolute atomic E-state index is 11.7. The Morgan fingerprint density at radius 2 is 2.05 bits per heavy atom. The van der Waals surface area contributed by atoms with Crippen LogP contribution in [0.4, 0.5) is 0 Å². The van der Waals surface area contributed by atoms with Crippen LogP contribution in [0.15, 0.2) is 28.7 Å². The summed E-state index contributed by atoms with van der Waals surface area (Å²) in [6.07, 6.45) is 0.913. The predicted molar refractivity (Wildman–Crippen MR) is 66.8 cm³/mol. The van der Waals surface area contributed by atoms with Crippen molar-refractivity contribution in [3.8, 4) is 11.5 Å². The van der Waals surface area contributed by atoms with E-state index in [1.807, 2.05) is 4.72 Å². The fourth-order valence-corrected chi connectivity index (χ4v) is 1.89. The first-order valence-electron chi connectivity index (χ1n) is 5.28. The van der Waals surface area contributed by atoms with Crippen molar-refractivity contribution in [1.29, 1.82) is 0 Å². The van der Waals surface area contributed by atoms with Crippen LogP contribution in [0.2, 0.25) is 0 Å². The molecule has 8 heteroatoms. The van der Waals surface area contributed by atoms with Gasteiger partial charge in [-0.05, 0) is 18.2 Å². The molecule has 0 bridgehead atoms. The van der Waals surface area contributed by atoms with Crippen LogP contribution in [0.3, 0.4) is 0 Å². The fraction of sp³-hybridized carbons (Fsp3) is 0.182. The lowest BCUT2D eigenvalue weighted by Gasteiger charge is -2.03. The van der Waals surface area contributed by atoms with Crippen LogP contribution in [-0.4, -0.2) is 30.8 Å². The lowest BCUT2D eigenvalue weighted by Crippen LogP contribution is -2.29. The van der Waals surface area contributed by atoms with Crippen molar-refractivity contribution in [2.45, 2.75) is 6.92 Å². The summed E-state index contributed by atoms with van der Waals surface area (Å²) in [4.78, 5) is 11.7. The molecule has 0 saturated carbocycles. The molecule has 1 heterocycles. The Morgan fingerprint density at radius 1 is 1.32 bits per heavy atom. The lowest BCUT2D eigenvalue weighted by atomic mass is 10.1. The molecule has 2 aromatic rings. The maximum atomic E-state index is 11.7. The molecule has 2 rings (SSSR count). The van der Waals surface area contributed by atoms with Gasteiger partial charge in [0.1, 0.15) is 0 Å². The average Bonchev–Trinajstić information content (AvgIpc) is 2.74. The number of benzene rings is 1. The van der Waals surface area contributed by atoms with Crippen molar-refractivity contribution in [2.75, 3.05) is 6.26 Å². The van der Waals surface area contributed by atoms with Gasteiger partial charge in [0.15, 0.2) is 0 Å². The normalized spacial score (nSPS) is 11.3. The highest BCUT2D eigenvalue weighted by molar-refractivity contribution is 7.89. The van der Waals surface area contributed by atoms with Crippen molar-refractivity contribution >= 4 is 15.9 Å². The van der Waals surface area contributed by atoms with Gasteiger partial charge in [0, 0.05) is 18.1 Å². The van der Waals surface area contributed by atoms with Crippen LogP contribution in [0.1, 0.15) is 16.2 Å². The minimum Gasteiger partial charge on any atom is -0.421 e. The van der Waals surface area contributed by atoms with Crippen molar-refractivity contribution in [2.24, 2.45) is 0 Å². The summed E-state index contributed by atoms with van der Waals surface area (Å²) in [6.45, 7) is 1.65. The van der Waals surface area contributed by atoms with E-state index in [4.69, 9.17) is 4.42 Å². The molecule has 0 fully saturated rings. The van der Waals surface area contributed by atoms with E-state index in [0.717, 1.165) is 6.26 Å². The summed E-state index contributed by atoms with van der Waals surface area (Å²) >= 11 is 0. The number of nitrogens with one attached hydrogen (secondary N) is 1. The van der Waals surface area contributed by atoms with Crippen molar-refractivity contribution in [3.05, 3.63) is 35.7 Å². The first-order chi connectivity index (χ1) is 8.85. The average molecular weight is 281 g/mol. The molecule has 0 radical (unpaired) electrons. The fourth-order valence-electron chi connectivity index (χ4n) is 1.43. The molecule has 1 amide bonds. The molecular formula is C11H11N3O4S. The Balaban J connectivity index is 2.32. The Labute approximate surface area is 109 Å². The number of nitrogens with zero attached hydrogens (tertiary/aromatic N) is 2. The number of aryl methyl sites for hydroxylation is 1. The highest BCUT2D eigenvalue weighted by atomic mass is 32.2. The van der Waals surface area contributed by atoms with E-state index in [2.05, 4.69) is 10.2 Å². The molecule has 0 spiro atoms. The van der Waals surface area contributed by atoms with Gasteiger partial charge in [0.2, 0.25) is 21.8 Å². The minimum absolute atomic E-state index is 0.193. The molecule has 7 nitrogen and oxygen atoms in total. The zero-order chi connectivity index (χ0) is 14.0. The molecular weight excluding hydrogens is 270 g/mol. The molecule has 0 aliphatic heterocycles. The van der Waals surface area contributed by atoms with Gasteiger partial charge < -0.3 is 4.42 Å². The van der Waals surface area contributed by atoms with Crippen molar-refractivity contribution in [1.82, 2.24) is 14.9 Å². The van der Waals surface area contributed by atoms with Gasteiger partial charge in [-0.2, -0.15) is 0 Å². The standard InChI is InChI=1S/C11H11N3O4S/c1-7-12-13-11(18-7)9-5-3-4-8(6-9)10(15)14-19(2,16)17/h3-6H,1-2H3,(H,14,15). The van der Waals surface area contributed by atoms with E-state index in [0.29, 0.717) is 11.5 Å². The third-order valence-electron chi connectivity index (χ3n) is 2.18. The summed E-state index contributed by atoms with van der Waals surface area (Å²) in [6, 6.07) is 6.26. The summed E-state index contributed by atoms with van der Waals surface area (Å²) in [5, 5.41) is 7.51. The second kappa shape index (κ2) is 4.81. The van der Waals surface area contributed by atoms with Crippen molar-refractivity contribution in [3.63, 3.8) is 0 Å². The molecule has 0 atom stereocenters. The Bertz CT molecular complexity index is 721. The third-order valence-corrected chi connectivity index (χ3v) is 2.73. The number of aromatic nitrogens is 2. The second-order valence-electron chi connectivity index (χ2n) is 3.91. The second-order valence-corrected chi connectivity index (χ2v) is 5.66. The largest absolute Gasteiger partial charge is 0.421 e. The molecule has 19 heavy (non-hydrogen) atoms. The molecule has 0 saturated heterocycles. The highest BCUT2D eigenvalue weighted by Crippen LogP contribution is 2.18. The molecule has 1 aromatic heterocycles. The zero-order valence-corrected chi connectivity index (χ0v) is 11.1. The van der Waals surface area contributed by atoms with Crippen LogP contribution < -0.4 is 4.72 Å².